The van der Waals surface area contributed by atoms with Gasteiger partial charge in [-0.25, -0.2) is 0 Å². The number of nitrogens with zero attached hydrogens (tertiary/aromatic N) is 2. The van der Waals surface area contributed by atoms with Crippen LogP contribution in [0.4, 0.5) is 5.69 Å². The smallest absolute Gasteiger partial charge is 0.313 e. The number of aryl methyl sites for hydroxylation is 2. The molecule has 0 spiro atoms. The fourth-order valence-electron chi connectivity index (χ4n) is 3.94. The topological polar surface area (TPSA) is 91.4 Å². The first-order valence-corrected chi connectivity index (χ1v) is 9.86. The number of pyridine rings is 1. The predicted molar refractivity (Wildman–Crippen MR) is 108 cm³/mol. The monoisotopic (exact) mass is 392 g/mol. The number of fused-ring (bicyclic) bond motifs is 1. The second-order valence-electron chi connectivity index (χ2n) is 7.81. The average molecular weight is 392 g/mol. The highest BCUT2D eigenvalue weighted by Crippen LogP contribution is 2.45. The van der Waals surface area contributed by atoms with Crippen LogP contribution in [0.15, 0.2) is 48.8 Å². The molecule has 1 saturated carbocycles. The fourth-order valence-corrected chi connectivity index (χ4v) is 3.94. The molecule has 1 aliphatic carbocycles. The first kappa shape index (κ1) is 19.1. The number of aromatic nitrogens is 1. The van der Waals surface area contributed by atoms with Gasteiger partial charge in [0, 0.05) is 55.5 Å². The van der Waals surface area contributed by atoms with E-state index in [2.05, 4.69) is 15.6 Å². The number of carbonyl (C=O) groups is 3. The minimum Gasteiger partial charge on any atom is -0.353 e. The number of anilines is 1. The van der Waals surface area contributed by atoms with E-state index in [-0.39, 0.29) is 23.8 Å². The summed E-state index contributed by atoms with van der Waals surface area (Å²) in [5, 5.41) is 5.71. The Morgan fingerprint density at radius 2 is 1.69 bits per heavy atom. The highest BCUT2D eigenvalue weighted by atomic mass is 16.2. The fraction of sp³-hybridized carbons (Fsp3) is 0.364. The largest absolute Gasteiger partial charge is 0.353 e. The number of likely N-dealkylation sites (tertiary alicyclic amines) is 1. The number of rotatable bonds is 5. The Morgan fingerprint density at radius 1 is 1.03 bits per heavy atom. The summed E-state index contributed by atoms with van der Waals surface area (Å²) in [6.45, 7) is 2.99. The van der Waals surface area contributed by atoms with Gasteiger partial charge in [-0.05, 0) is 43.2 Å². The lowest BCUT2D eigenvalue weighted by Gasteiger charge is -2.19. The second-order valence-corrected chi connectivity index (χ2v) is 7.81. The van der Waals surface area contributed by atoms with Gasteiger partial charge in [-0.15, -0.1) is 0 Å². The van der Waals surface area contributed by atoms with Gasteiger partial charge in [0.05, 0.1) is 0 Å². The molecular weight excluding hydrogens is 368 g/mol. The van der Waals surface area contributed by atoms with Crippen LogP contribution in [0.25, 0.3) is 0 Å². The van der Waals surface area contributed by atoms with E-state index in [1.807, 2.05) is 31.2 Å². The molecule has 2 aromatic rings. The average Bonchev–Trinajstić information content (AvgIpc) is 3.16. The van der Waals surface area contributed by atoms with Crippen molar-refractivity contribution >= 4 is 23.4 Å². The molecule has 2 heterocycles. The maximum absolute atomic E-state index is 12.4. The molecule has 0 bridgehead atoms. The molecule has 0 radical (unpaired) electrons. The van der Waals surface area contributed by atoms with E-state index in [9.17, 15) is 14.4 Å². The molecule has 1 aromatic heterocycles. The molecule has 2 aliphatic rings. The van der Waals surface area contributed by atoms with E-state index in [0.717, 1.165) is 11.1 Å². The Balaban J connectivity index is 1.20. The maximum atomic E-state index is 12.4. The number of piperidine rings is 1. The van der Waals surface area contributed by atoms with Crippen molar-refractivity contribution in [1.29, 1.82) is 0 Å². The summed E-state index contributed by atoms with van der Waals surface area (Å²) in [4.78, 5) is 42.3. The Bertz CT molecular complexity index is 901. The quantitative estimate of drug-likeness (QED) is 0.755. The zero-order valence-corrected chi connectivity index (χ0v) is 16.3. The Morgan fingerprint density at radius 3 is 2.34 bits per heavy atom. The van der Waals surface area contributed by atoms with E-state index < -0.39 is 11.8 Å². The van der Waals surface area contributed by atoms with Gasteiger partial charge >= 0.3 is 11.8 Å². The summed E-state index contributed by atoms with van der Waals surface area (Å²) in [5.74, 6) is -0.614. The lowest BCUT2D eigenvalue weighted by Crippen LogP contribution is -2.42. The van der Waals surface area contributed by atoms with Crippen molar-refractivity contribution in [2.75, 3.05) is 18.4 Å². The van der Waals surface area contributed by atoms with Crippen LogP contribution in [0.3, 0.4) is 0 Å². The van der Waals surface area contributed by atoms with Crippen LogP contribution in [0.1, 0.15) is 17.5 Å². The molecule has 3 amide bonds. The van der Waals surface area contributed by atoms with Crippen LogP contribution in [0, 0.1) is 18.8 Å². The summed E-state index contributed by atoms with van der Waals surface area (Å²) in [6, 6.07) is 11.2. The van der Waals surface area contributed by atoms with Crippen molar-refractivity contribution in [3.8, 4) is 0 Å². The lowest BCUT2D eigenvalue weighted by atomic mass is 10.1. The van der Waals surface area contributed by atoms with Gasteiger partial charge in [-0.3, -0.25) is 19.4 Å². The summed E-state index contributed by atoms with van der Waals surface area (Å²) in [5.41, 5.74) is 2.78. The highest BCUT2D eigenvalue weighted by Gasteiger charge is 2.57. The first-order chi connectivity index (χ1) is 14.0. The van der Waals surface area contributed by atoms with Crippen LogP contribution < -0.4 is 10.6 Å². The van der Waals surface area contributed by atoms with Gasteiger partial charge in [0.1, 0.15) is 0 Å². The van der Waals surface area contributed by atoms with Gasteiger partial charge in [-0.1, -0.05) is 17.7 Å². The zero-order valence-electron chi connectivity index (χ0n) is 16.3. The molecule has 7 nitrogen and oxygen atoms in total. The Hall–Kier alpha value is -3.22. The molecule has 1 aromatic carbocycles. The number of nitrogens with one attached hydrogen (secondary N) is 2. The summed E-state index contributed by atoms with van der Waals surface area (Å²) in [7, 11) is 0. The van der Waals surface area contributed by atoms with Crippen molar-refractivity contribution in [1.82, 2.24) is 15.2 Å². The van der Waals surface area contributed by atoms with Gasteiger partial charge in [-0.2, -0.15) is 0 Å². The van der Waals surface area contributed by atoms with E-state index in [0.29, 0.717) is 31.6 Å². The Kier molecular flexibility index (Phi) is 5.29. The van der Waals surface area contributed by atoms with Gasteiger partial charge in [0.25, 0.3) is 0 Å². The van der Waals surface area contributed by atoms with E-state index in [1.54, 1.807) is 29.4 Å². The zero-order chi connectivity index (χ0) is 20.4. The number of amides is 3. The number of benzene rings is 1. The normalized spacial score (nSPS) is 22.0. The minimum atomic E-state index is -0.618. The van der Waals surface area contributed by atoms with Gasteiger partial charge < -0.3 is 15.5 Å². The van der Waals surface area contributed by atoms with Crippen molar-refractivity contribution < 1.29 is 14.4 Å². The van der Waals surface area contributed by atoms with Gasteiger partial charge in [0.2, 0.25) is 5.91 Å². The van der Waals surface area contributed by atoms with Gasteiger partial charge in [0.15, 0.2) is 0 Å². The number of hydrogen-bond acceptors (Lipinski definition) is 4. The molecule has 1 aliphatic heterocycles. The van der Waals surface area contributed by atoms with E-state index >= 15 is 0 Å². The maximum Gasteiger partial charge on any atom is 0.313 e. The summed E-state index contributed by atoms with van der Waals surface area (Å²) in [6.07, 6.45) is 4.56. The van der Waals surface area contributed by atoms with Crippen LogP contribution in [0.5, 0.6) is 0 Å². The molecule has 3 atom stereocenters. The third kappa shape index (κ3) is 4.45. The summed E-state index contributed by atoms with van der Waals surface area (Å²) < 4.78 is 0. The van der Waals surface area contributed by atoms with Crippen LogP contribution in [0.2, 0.25) is 0 Å². The molecular formula is C22H24N4O3. The van der Waals surface area contributed by atoms with Crippen molar-refractivity contribution in [3.05, 3.63) is 59.9 Å². The van der Waals surface area contributed by atoms with E-state index in [4.69, 9.17) is 0 Å². The van der Waals surface area contributed by atoms with Crippen LogP contribution in [-0.4, -0.2) is 46.7 Å². The molecule has 1 saturated heterocycles. The standard InChI is InChI=1S/C22H24N4O3/c1-14-2-5-16(6-3-14)24-21(28)22(29)26-12-17-18(13-26)20(17)25-19(27)7-4-15-8-10-23-11-9-15/h2-3,5-6,8-11,17-18,20H,4,7,12-13H2,1H3,(H,24,28)(H,25,27)/t17-,18+,20?. The number of carbonyl (C=O) groups excluding carboxylic acids is 3. The minimum absolute atomic E-state index is 0.0243. The SMILES string of the molecule is Cc1ccc(NC(=O)C(=O)N2C[C@@H]3C(NC(=O)CCc4ccncc4)[C@@H]3C2)cc1. The molecule has 1 unspecified atom stereocenters. The molecule has 4 rings (SSSR count). The predicted octanol–water partition coefficient (Wildman–Crippen LogP) is 1.53. The molecule has 7 heteroatoms. The first-order valence-electron chi connectivity index (χ1n) is 9.86. The summed E-state index contributed by atoms with van der Waals surface area (Å²) >= 11 is 0. The second kappa shape index (κ2) is 8.03. The Labute approximate surface area is 169 Å². The van der Waals surface area contributed by atoms with Crippen molar-refractivity contribution in [3.63, 3.8) is 0 Å². The van der Waals surface area contributed by atoms with Crippen LogP contribution >= 0.6 is 0 Å². The third-order valence-corrected chi connectivity index (χ3v) is 5.70. The van der Waals surface area contributed by atoms with Crippen molar-refractivity contribution in [2.45, 2.75) is 25.8 Å². The molecule has 29 heavy (non-hydrogen) atoms. The molecule has 2 fully saturated rings. The third-order valence-electron chi connectivity index (χ3n) is 5.70. The molecule has 2 N–H and O–H groups in total. The highest BCUT2D eigenvalue weighted by molar-refractivity contribution is 6.39. The molecule has 150 valence electrons. The van der Waals surface area contributed by atoms with E-state index in [1.165, 1.54) is 0 Å². The van der Waals surface area contributed by atoms with Crippen molar-refractivity contribution in [2.24, 2.45) is 11.8 Å². The lowest BCUT2D eigenvalue weighted by molar-refractivity contribution is -0.142. The van der Waals surface area contributed by atoms with Crippen LogP contribution in [-0.2, 0) is 20.8 Å². The number of hydrogen-bond donors (Lipinski definition) is 2.